The van der Waals surface area contributed by atoms with Crippen molar-refractivity contribution in [3.8, 4) is 0 Å². The molecule has 2 aromatic carbocycles. The summed E-state index contributed by atoms with van der Waals surface area (Å²) in [6.07, 6.45) is -16.3. The lowest BCUT2D eigenvalue weighted by atomic mass is 9.91. The van der Waals surface area contributed by atoms with Crippen LogP contribution in [0.15, 0.2) is 63.6 Å². The van der Waals surface area contributed by atoms with E-state index >= 15 is 0 Å². The Labute approximate surface area is 231 Å². The number of aliphatic imine (C=N–C) groups is 2. The molecule has 0 fully saturated rings. The minimum atomic E-state index is -5.38. The van der Waals surface area contributed by atoms with Crippen LogP contribution >= 0.6 is 0 Å². The van der Waals surface area contributed by atoms with Crippen LogP contribution in [0.4, 0.5) is 50.9 Å². The van der Waals surface area contributed by atoms with E-state index in [1.165, 1.54) is 18.2 Å². The summed E-state index contributed by atoms with van der Waals surface area (Å²) in [6, 6.07) is 7.91. The number of nitrogens with one attached hydrogen (secondary N) is 1. The molecule has 17 heteroatoms. The fourth-order valence-electron chi connectivity index (χ4n) is 4.43. The minimum Gasteiger partial charge on any atom is -0.356 e. The second-order valence-electron chi connectivity index (χ2n) is 9.19. The number of methoxy groups -OCH3 is 1. The number of carbonyl (C=O) groups excluding carboxylic acids is 1. The maximum absolute atomic E-state index is 14.4. The van der Waals surface area contributed by atoms with Gasteiger partial charge < -0.3 is 4.74 Å². The van der Waals surface area contributed by atoms with Crippen LogP contribution in [-0.2, 0) is 21.3 Å². The van der Waals surface area contributed by atoms with Crippen molar-refractivity contribution in [2.24, 2.45) is 15.1 Å². The SMILES string of the molecule is [C-]#[N+]c1ccc(N=C2N=C(NC(=O)[C@](OC)(c3ccccc3)C(F)(F)F)N3N=C(C(F)(F)F)C[C@@]23C)cc1C(F)(F)F. The maximum atomic E-state index is 14.4. The molecule has 0 aromatic heterocycles. The summed E-state index contributed by atoms with van der Waals surface area (Å²) in [5.41, 5.74) is -10.3. The highest BCUT2D eigenvalue weighted by atomic mass is 19.4. The molecule has 0 saturated carbocycles. The van der Waals surface area contributed by atoms with Gasteiger partial charge in [-0.3, -0.25) is 10.1 Å². The standard InChI is InChI=1S/C25H17F9N6O2/c1-21-12-17(24(29,30)31)39-40(21)20(37-18(21)36-14-9-10-16(35-2)15(11-14)23(26,27)28)38-19(41)22(42-3,25(32,33)34)13-7-5-4-6-8-13/h4-11H,12H2,1,3H3,(H,36,37,38,41)/t21-,22+/m0/s1. The molecule has 8 nitrogen and oxygen atoms in total. The number of amides is 1. The molecule has 0 saturated heterocycles. The van der Waals surface area contributed by atoms with Crippen LogP contribution in [0.2, 0.25) is 0 Å². The number of fused-ring (bicyclic) bond motifs is 1. The van der Waals surface area contributed by atoms with Crippen LogP contribution in [0.25, 0.3) is 4.85 Å². The second-order valence-corrected chi connectivity index (χ2v) is 9.19. The average Bonchev–Trinajstić information content (AvgIpc) is 3.37. The van der Waals surface area contributed by atoms with Gasteiger partial charge in [-0.2, -0.15) is 49.6 Å². The molecule has 222 valence electrons. The van der Waals surface area contributed by atoms with Crippen molar-refractivity contribution in [1.29, 1.82) is 0 Å². The van der Waals surface area contributed by atoms with Crippen molar-refractivity contribution in [2.75, 3.05) is 7.11 Å². The Bertz CT molecular complexity index is 1540. The summed E-state index contributed by atoms with van der Waals surface area (Å²) in [4.78, 5) is 23.8. The molecule has 2 heterocycles. The molecule has 2 aliphatic heterocycles. The van der Waals surface area contributed by atoms with Crippen molar-refractivity contribution in [2.45, 2.75) is 43.0 Å². The van der Waals surface area contributed by atoms with E-state index < -0.39 is 82.0 Å². The molecule has 0 spiro atoms. The molecule has 4 rings (SSSR count). The van der Waals surface area contributed by atoms with Gasteiger partial charge in [-0.05, 0) is 19.1 Å². The number of hydrazone groups is 1. The van der Waals surface area contributed by atoms with Gasteiger partial charge in [0.05, 0.1) is 17.8 Å². The zero-order valence-corrected chi connectivity index (χ0v) is 21.3. The van der Waals surface area contributed by atoms with Crippen molar-refractivity contribution < 1.29 is 49.0 Å². The lowest BCUT2D eigenvalue weighted by Gasteiger charge is -2.34. The highest BCUT2D eigenvalue weighted by Gasteiger charge is 2.64. The fraction of sp³-hybridized carbons (Fsp3) is 0.320. The van der Waals surface area contributed by atoms with E-state index in [-0.39, 0.29) is 0 Å². The summed E-state index contributed by atoms with van der Waals surface area (Å²) >= 11 is 0. The van der Waals surface area contributed by atoms with Gasteiger partial charge in [0.15, 0.2) is 11.5 Å². The third-order valence-electron chi connectivity index (χ3n) is 6.49. The number of ether oxygens (including phenoxy) is 1. The van der Waals surface area contributed by atoms with E-state index in [1.807, 2.05) is 5.32 Å². The van der Waals surface area contributed by atoms with Crippen LogP contribution in [0.3, 0.4) is 0 Å². The molecule has 0 radical (unpaired) electrons. The lowest BCUT2D eigenvalue weighted by Crippen LogP contribution is -2.59. The zero-order valence-electron chi connectivity index (χ0n) is 21.3. The summed E-state index contributed by atoms with van der Waals surface area (Å²) in [7, 11) is 0.605. The normalized spacial score (nSPS) is 21.4. The third-order valence-corrected chi connectivity index (χ3v) is 6.49. The third kappa shape index (κ3) is 5.06. The lowest BCUT2D eigenvalue weighted by molar-refractivity contribution is -0.265. The monoisotopic (exact) mass is 604 g/mol. The second kappa shape index (κ2) is 10.1. The molecule has 0 bridgehead atoms. The fourth-order valence-corrected chi connectivity index (χ4v) is 4.43. The van der Waals surface area contributed by atoms with Gasteiger partial charge >= 0.3 is 18.5 Å². The number of guanidine groups is 1. The number of carbonyl (C=O) groups is 1. The quantitative estimate of drug-likeness (QED) is 0.331. The summed E-state index contributed by atoms with van der Waals surface area (Å²) < 4.78 is 129. The van der Waals surface area contributed by atoms with Gasteiger partial charge in [0.2, 0.25) is 5.96 Å². The smallest absolute Gasteiger partial charge is 0.356 e. The van der Waals surface area contributed by atoms with Gasteiger partial charge in [-0.1, -0.05) is 36.4 Å². The molecule has 1 N–H and O–H groups in total. The molecule has 0 aliphatic carbocycles. The predicted octanol–water partition coefficient (Wildman–Crippen LogP) is 6.26. The topological polar surface area (TPSA) is 83.0 Å². The van der Waals surface area contributed by atoms with Crippen LogP contribution < -0.4 is 5.32 Å². The number of alkyl halides is 9. The molecular weight excluding hydrogens is 587 g/mol. The van der Waals surface area contributed by atoms with Crippen LogP contribution in [0.1, 0.15) is 24.5 Å². The Morgan fingerprint density at radius 2 is 1.69 bits per heavy atom. The van der Waals surface area contributed by atoms with E-state index in [9.17, 15) is 44.3 Å². The molecular formula is C25H17F9N6O2. The van der Waals surface area contributed by atoms with Crippen molar-refractivity contribution in [3.63, 3.8) is 0 Å². The van der Waals surface area contributed by atoms with E-state index in [1.54, 1.807) is 0 Å². The Morgan fingerprint density at radius 3 is 2.21 bits per heavy atom. The molecule has 2 atom stereocenters. The number of hydrogen-bond acceptors (Lipinski definition) is 5. The predicted molar refractivity (Wildman–Crippen MR) is 130 cm³/mol. The summed E-state index contributed by atoms with van der Waals surface area (Å²) in [5.74, 6) is -3.39. The molecule has 1 amide bonds. The van der Waals surface area contributed by atoms with Gasteiger partial charge in [0.25, 0.3) is 11.5 Å². The van der Waals surface area contributed by atoms with Gasteiger partial charge in [0.1, 0.15) is 11.3 Å². The highest BCUT2D eigenvalue weighted by Crippen LogP contribution is 2.44. The Morgan fingerprint density at radius 1 is 1.05 bits per heavy atom. The van der Waals surface area contributed by atoms with Crippen LogP contribution in [0.5, 0.6) is 0 Å². The molecule has 0 unspecified atom stereocenters. The largest absolute Gasteiger partial charge is 0.431 e. The van der Waals surface area contributed by atoms with Gasteiger partial charge in [-0.15, -0.1) is 0 Å². The number of benzene rings is 2. The molecule has 2 aromatic rings. The first-order valence-corrected chi connectivity index (χ1v) is 11.6. The number of nitrogens with zero attached hydrogens (tertiary/aromatic N) is 5. The Hall–Kier alpha value is -4.46. The van der Waals surface area contributed by atoms with Gasteiger partial charge in [-0.25, -0.2) is 14.8 Å². The highest BCUT2D eigenvalue weighted by molar-refractivity contribution is 6.17. The maximum Gasteiger partial charge on any atom is 0.431 e. The first-order chi connectivity index (χ1) is 19.4. The first kappa shape index (κ1) is 30.5. The van der Waals surface area contributed by atoms with E-state index in [2.05, 4.69) is 24.7 Å². The van der Waals surface area contributed by atoms with E-state index in [0.717, 1.165) is 31.2 Å². The van der Waals surface area contributed by atoms with Crippen molar-refractivity contribution in [3.05, 3.63) is 71.1 Å². The number of halogens is 9. The summed E-state index contributed by atoms with van der Waals surface area (Å²) in [5, 5.41) is 5.73. The van der Waals surface area contributed by atoms with E-state index in [0.29, 0.717) is 18.2 Å². The summed E-state index contributed by atoms with van der Waals surface area (Å²) in [6.45, 7) is 8.05. The van der Waals surface area contributed by atoms with E-state index in [4.69, 9.17) is 6.57 Å². The molecule has 2 aliphatic rings. The zero-order chi connectivity index (χ0) is 31.3. The molecule has 42 heavy (non-hydrogen) atoms. The number of hydrogen-bond donors (Lipinski definition) is 1. The number of rotatable bonds is 4. The number of amidine groups is 1. The average molecular weight is 604 g/mol. The van der Waals surface area contributed by atoms with Crippen LogP contribution in [-0.4, -0.2) is 53.4 Å². The van der Waals surface area contributed by atoms with Crippen LogP contribution in [0, 0.1) is 6.57 Å². The van der Waals surface area contributed by atoms with Crippen molar-refractivity contribution in [1.82, 2.24) is 10.3 Å². The van der Waals surface area contributed by atoms with Gasteiger partial charge in [0, 0.05) is 19.1 Å². The van der Waals surface area contributed by atoms with Crippen molar-refractivity contribution >= 4 is 34.8 Å². The Kier molecular flexibility index (Phi) is 7.35. The Balaban J connectivity index is 1.84. The first-order valence-electron chi connectivity index (χ1n) is 11.6. The minimum absolute atomic E-state index is 0.468.